The summed E-state index contributed by atoms with van der Waals surface area (Å²) in [6.07, 6.45) is 6.54. The number of amides is 1. The Morgan fingerprint density at radius 2 is 2.35 bits per heavy atom. The van der Waals surface area contributed by atoms with Gasteiger partial charge in [-0.05, 0) is 45.6 Å². The second kappa shape index (κ2) is 5.83. The first kappa shape index (κ1) is 12.8. The van der Waals surface area contributed by atoms with Crippen molar-refractivity contribution in [3.05, 3.63) is 0 Å². The summed E-state index contributed by atoms with van der Waals surface area (Å²) in [5.74, 6) is 0.139. The lowest BCUT2D eigenvalue weighted by Gasteiger charge is -2.48. The van der Waals surface area contributed by atoms with Crippen molar-refractivity contribution >= 4 is 5.91 Å². The summed E-state index contributed by atoms with van der Waals surface area (Å²) in [6.45, 7) is 4.21. The molecule has 2 fully saturated rings. The molecule has 0 aromatic carbocycles. The van der Waals surface area contributed by atoms with Crippen LogP contribution < -0.4 is 10.6 Å². The molecule has 0 radical (unpaired) electrons. The van der Waals surface area contributed by atoms with Crippen LogP contribution in [0.4, 0.5) is 0 Å². The Morgan fingerprint density at radius 3 is 3.00 bits per heavy atom. The van der Waals surface area contributed by atoms with E-state index in [-0.39, 0.29) is 5.91 Å². The number of ether oxygens (including phenoxy) is 1. The summed E-state index contributed by atoms with van der Waals surface area (Å²) in [5.41, 5.74) is 0.357. The van der Waals surface area contributed by atoms with Crippen molar-refractivity contribution in [3.8, 4) is 0 Å². The van der Waals surface area contributed by atoms with E-state index in [1.165, 1.54) is 19.3 Å². The van der Waals surface area contributed by atoms with Gasteiger partial charge >= 0.3 is 0 Å². The lowest BCUT2D eigenvalue weighted by atomic mass is 9.70. The minimum absolute atomic E-state index is 0.139. The average Bonchev–Trinajstić information content (AvgIpc) is 2.28. The van der Waals surface area contributed by atoms with Crippen molar-refractivity contribution in [2.24, 2.45) is 0 Å². The highest BCUT2D eigenvalue weighted by molar-refractivity contribution is 5.76. The number of carbonyl (C=O) groups is 1. The molecule has 1 spiro atoms. The van der Waals surface area contributed by atoms with Crippen molar-refractivity contribution < 1.29 is 9.53 Å². The zero-order valence-corrected chi connectivity index (χ0v) is 10.8. The Hall–Kier alpha value is -0.610. The van der Waals surface area contributed by atoms with Crippen molar-refractivity contribution in [3.63, 3.8) is 0 Å². The van der Waals surface area contributed by atoms with Gasteiger partial charge < -0.3 is 15.4 Å². The molecular weight excluding hydrogens is 216 g/mol. The number of piperidine rings is 1. The van der Waals surface area contributed by atoms with Gasteiger partial charge in [-0.3, -0.25) is 4.79 Å². The highest BCUT2D eigenvalue weighted by Crippen LogP contribution is 2.38. The van der Waals surface area contributed by atoms with Gasteiger partial charge in [0.15, 0.2) is 0 Å². The molecule has 1 saturated carbocycles. The zero-order valence-electron chi connectivity index (χ0n) is 10.8. The fourth-order valence-electron chi connectivity index (χ4n) is 2.87. The van der Waals surface area contributed by atoms with Crippen LogP contribution in [0.2, 0.25) is 0 Å². The molecule has 1 aliphatic carbocycles. The molecule has 17 heavy (non-hydrogen) atoms. The molecule has 2 aliphatic rings. The fraction of sp³-hybridized carbons (Fsp3) is 0.923. The number of rotatable bonds is 5. The third kappa shape index (κ3) is 3.42. The Morgan fingerprint density at radius 1 is 1.53 bits per heavy atom. The molecule has 2 rings (SSSR count). The molecule has 0 aromatic rings. The summed E-state index contributed by atoms with van der Waals surface area (Å²) in [7, 11) is 0. The maximum Gasteiger partial charge on any atom is 0.222 e. The normalized spacial score (nSPS) is 26.5. The number of carbonyl (C=O) groups excluding carboxylic acids is 1. The van der Waals surface area contributed by atoms with Crippen LogP contribution in [0.1, 0.15) is 45.4 Å². The zero-order chi connectivity index (χ0) is 12.1. The van der Waals surface area contributed by atoms with Gasteiger partial charge in [-0.2, -0.15) is 0 Å². The fourth-order valence-corrected chi connectivity index (χ4v) is 2.87. The van der Waals surface area contributed by atoms with E-state index in [9.17, 15) is 4.79 Å². The summed E-state index contributed by atoms with van der Waals surface area (Å²) in [6, 6.07) is 0.366. The van der Waals surface area contributed by atoms with Crippen molar-refractivity contribution in [1.29, 1.82) is 0 Å². The van der Waals surface area contributed by atoms with Gasteiger partial charge in [0.05, 0.1) is 6.61 Å². The predicted octanol–water partition coefficient (Wildman–Crippen LogP) is 1.20. The molecule has 4 nitrogen and oxygen atoms in total. The molecule has 1 saturated heterocycles. The standard InChI is InChI=1S/C13H24N2O2/c1-2-17-9-5-12(16)15-11-4-8-14-13(10-11)6-3-7-13/h11,14H,2-10H2,1H3,(H,15,16). The highest BCUT2D eigenvalue weighted by atomic mass is 16.5. The summed E-state index contributed by atoms with van der Waals surface area (Å²) in [5, 5.41) is 6.75. The second-order valence-corrected chi connectivity index (χ2v) is 5.26. The molecule has 0 bridgehead atoms. The van der Waals surface area contributed by atoms with Crippen LogP contribution in [-0.2, 0) is 9.53 Å². The van der Waals surface area contributed by atoms with E-state index in [1.54, 1.807) is 0 Å². The van der Waals surface area contributed by atoms with E-state index in [4.69, 9.17) is 4.74 Å². The van der Waals surface area contributed by atoms with Crippen LogP contribution in [0.5, 0.6) is 0 Å². The molecule has 1 atom stereocenters. The molecule has 0 aromatic heterocycles. The molecule has 1 amide bonds. The van der Waals surface area contributed by atoms with Crippen molar-refractivity contribution in [1.82, 2.24) is 10.6 Å². The van der Waals surface area contributed by atoms with E-state index < -0.39 is 0 Å². The van der Waals surface area contributed by atoms with Crippen LogP contribution in [0.25, 0.3) is 0 Å². The van der Waals surface area contributed by atoms with Crippen LogP contribution in [0.3, 0.4) is 0 Å². The predicted molar refractivity (Wildman–Crippen MR) is 66.9 cm³/mol. The van der Waals surface area contributed by atoms with Gasteiger partial charge in [-0.15, -0.1) is 0 Å². The molecule has 2 N–H and O–H groups in total. The Kier molecular flexibility index (Phi) is 4.40. The number of hydrogen-bond donors (Lipinski definition) is 2. The highest BCUT2D eigenvalue weighted by Gasteiger charge is 2.41. The average molecular weight is 240 g/mol. The molecule has 98 valence electrons. The first-order valence-corrected chi connectivity index (χ1v) is 6.86. The van der Waals surface area contributed by atoms with E-state index in [0.29, 0.717) is 31.2 Å². The molecule has 1 aliphatic heterocycles. The van der Waals surface area contributed by atoms with E-state index >= 15 is 0 Å². The maximum atomic E-state index is 11.7. The largest absolute Gasteiger partial charge is 0.381 e. The summed E-state index contributed by atoms with van der Waals surface area (Å²) < 4.78 is 5.19. The van der Waals surface area contributed by atoms with E-state index in [2.05, 4.69) is 10.6 Å². The van der Waals surface area contributed by atoms with Gasteiger partial charge in [0.2, 0.25) is 5.91 Å². The first-order valence-electron chi connectivity index (χ1n) is 6.86. The van der Waals surface area contributed by atoms with Gasteiger partial charge in [-0.1, -0.05) is 0 Å². The number of nitrogens with one attached hydrogen (secondary N) is 2. The quantitative estimate of drug-likeness (QED) is 0.710. The summed E-state index contributed by atoms with van der Waals surface area (Å²) in [4.78, 5) is 11.7. The van der Waals surface area contributed by atoms with Crippen LogP contribution in [0, 0.1) is 0 Å². The second-order valence-electron chi connectivity index (χ2n) is 5.26. The van der Waals surface area contributed by atoms with Gasteiger partial charge in [0.1, 0.15) is 0 Å². The molecule has 1 heterocycles. The van der Waals surface area contributed by atoms with Gasteiger partial charge in [0, 0.05) is 24.6 Å². The van der Waals surface area contributed by atoms with Gasteiger partial charge in [-0.25, -0.2) is 0 Å². The number of hydrogen-bond acceptors (Lipinski definition) is 3. The smallest absolute Gasteiger partial charge is 0.222 e. The third-order valence-electron chi connectivity index (χ3n) is 3.98. The molecule has 4 heteroatoms. The first-order chi connectivity index (χ1) is 8.24. The SMILES string of the molecule is CCOCCC(=O)NC1CCNC2(CCC2)C1. The molecule has 1 unspecified atom stereocenters. The lowest BCUT2D eigenvalue weighted by Crippen LogP contribution is -2.59. The van der Waals surface area contributed by atoms with Crippen molar-refractivity contribution in [2.75, 3.05) is 19.8 Å². The maximum absolute atomic E-state index is 11.7. The van der Waals surface area contributed by atoms with Crippen LogP contribution in [0.15, 0.2) is 0 Å². The monoisotopic (exact) mass is 240 g/mol. The van der Waals surface area contributed by atoms with Crippen molar-refractivity contribution in [2.45, 2.75) is 57.0 Å². The molecular formula is C13H24N2O2. The van der Waals surface area contributed by atoms with Crippen LogP contribution >= 0.6 is 0 Å². The lowest BCUT2D eigenvalue weighted by molar-refractivity contribution is -0.123. The Balaban J connectivity index is 1.69. The van der Waals surface area contributed by atoms with E-state index in [0.717, 1.165) is 19.4 Å². The van der Waals surface area contributed by atoms with E-state index in [1.807, 2.05) is 6.92 Å². The minimum atomic E-state index is 0.139. The summed E-state index contributed by atoms with van der Waals surface area (Å²) >= 11 is 0. The Labute approximate surface area is 103 Å². The third-order valence-corrected chi connectivity index (χ3v) is 3.98. The van der Waals surface area contributed by atoms with Gasteiger partial charge in [0.25, 0.3) is 0 Å². The van der Waals surface area contributed by atoms with Crippen LogP contribution in [-0.4, -0.2) is 37.2 Å². The Bertz CT molecular complexity index is 264. The minimum Gasteiger partial charge on any atom is -0.381 e. The topological polar surface area (TPSA) is 50.4 Å².